The first kappa shape index (κ1) is 19.7. The van der Waals surface area contributed by atoms with Crippen LogP contribution in [0.5, 0.6) is 0 Å². The maximum Gasteiger partial charge on any atom is 0.328 e. The van der Waals surface area contributed by atoms with Gasteiger partial charge in [0.1, 0.15) is 6.04 Å². The molecule has 0 aliphatic carbocycles. The van der Waals surface area contributed by atoms with Crippen LogP contribution in [0.1, 0.15) is 65.7 Å². The molecule has 0 aliphatic rings. The molecule has 0 saturated heterocycles. The number of urea groups is 1. The van der Waals surface area contributed by atoms with E-state index in [9.17, 15) is 9.59 Å². The fraction of sp³-hybridized carbons (Fsp3) is 0.875. The molecular formula is C16H32N2O3. The third-order valence-electron chi connectivity index (χ3n) is 3.31. The molecule has 0 aliphatic heterocycles. The molecule has 0 rings (SSSR count). The maximum atomic E-state index is 11.8. The van der Waals surface area contributed by atoms with Crippen LogP contribution in [-0.4, -0.2) is 31.7 Å². The van der Waals surface area contributed by atoms with Crippen LogP contribution in [-0.2, 0) is 9.53 Å². The zero-order valence-electron chi connectivity index (χ0n) is 14.0. The Morgan fingerprint density at radius 2 is 1.67 bits per heavy atom. The van der Waals surface area contributed by atoms with E-state index in [1.165, 1.54) is 32.8 Å². The van der Waals surface area contributed by atoms with Crippen molar-refractivity contribution in [2.24, 2.45) is 5.92 Å². The van der Waals surface area contributed by atoms with Gasteiger partial charge in [0.25, 0.3) is 0 Å². The van der Waals surface area contributed by atoms with Gasteiger partial charge in [-0.1, -0.05) is 52.9 Å². The Morgan fingerprint density at radius 3 is 2.24 bits per heavy atom. The third-order valence-corrected chi connectivity index (χ3v) is 3.31. The lowest BCUT2D eigenvalue weighted by atomic mass is 10.0. The number of carbonyl (C=O) groups excluding carboxylic acids is 2. The van der Waals surface area contributed by atoms with Gasteiger partial charge in [0.2, 0.25) is 0 Å². The number of unbranched alkanes of at least 4 members (excludes halogenated alkanes) is 5. The number of esters is 1. The van der Waals surface area contributed by atoms with Crippen molar-refractivity contribution in [2.75, 3.05) is 13.7 Å². The van der Waals surface area contributed by atoms with Crippen molar-refractivity contribution in [2.45, 2.75) is 71.8 Å². The topological polar surface area (TPSA) is 67.4 Å². The lowest BCUT2D eigenvalue weighted by molar-refractivity contribution is -0.143. The summed E-state index contributed by atoms with van der Waals surface area (Å²) in [6.07, 6.45) is 7.69. The summed E-state index contributed by atoms with van der Waals surface area (Å²) in [5.74, 6) is -0.0774. The lowest BCUT2D eigenvalue weighted by Crippen LogP contribution is -2.47. The highest BCUT2D eigenvalue weighted by atomic mass is 16.5. The Hall–Kier alpha value is -1.26. The summed E-state index contributed by atoms with van der Waals surface area (Å²) in [6.45, 7) is 6.85. The van der Waals surface area contributed by atoms with Crippen LogP contribution in [0.3, 0.4) is 0 Å². The predicted molar refractivity (Wildman–Crippen MR) is 85.2 cm³/mol. The predicted octanol–water partition coefficient (Wildman–Crippen LogP) is 3.23. The molecule has 2 N–H and O–H groups in total. The van der Waals surface area contributed by atoms with Gasteiger partial charge in [-0.15, -0.1) is 0 Å². The minimum atomic E-state index is -0.570. The maximum absolute atomic E-state index is 11.8. The SMILES string of the molecule is CCCCCCCCNC(=O)NC(CC(C)C)C(=O)OC. The number of amides is 2. The van der Waals surface area contributed by atoms with Crippen molar-refractivity contribution in [1.29, 1.82) is 0 Å². The quantitative estimate of drug-likeness (QED) is 0.455. The number of rotatable bonds is 11. The number of methoxy groups -OCH3 is 1. The first-order valence-corrected chi connectivity index (χ1v) is 8.13. The van der Waals surface area contributed by atoms with Crippen LogP contribution in [0.25, 0.3) is 0 Å². The number of ether oxygens (including phenoxy) is 1. The van der Waals surface area contributed by atoms with Gasteiger partial charge < -0.3 is 15.4 Å². The van der Waals surface area contributed by atoms with Crippen LogP contribution < -0.4 is 10.6 Å². The van der Waals surface area contributed by atoms with E-state index in [0.717, 1.165) is 12.8 Å². The molecule has 0 fully saturated rings. The monoisotopic (exact) mass is 300 g/mol. The highest BCUT2D eigenvalue weighted by Crippen LogP contribution is 2.06. The summed E-state index contributed by atoms with van der Waals surface area (Å²) in [4.78, 5) is 23.4. The van der Waals surface area contributed by atoms with Gasteiger partial charge in [-0.2, -0.15) is 0 Å². The Morgan fingerprint density at radius 1 is 1.05 bits per heavy atom. The van der Waals surface area contributed by atoms with E-state index < -0.39 is 12.0 Å². The molecule has 21 heavy (non-hydrogen) atoms. The smallest absolute Gasteiger partial charge is 0.328 e. The summed E-state index contributed by atoms with van der Waals surface area (Å²) in [5, 5.41) is 5.48. The van der Waals surface area contributed by atoms with Crippen LogP contribution in [0.2, 0.25) is 0 Å². The molecule has 0 radical (unpaired) electrons. The molecule has 124 valence electrons. The number of nitrogens with one attached hydrogen (secondary N) is 2. The van der Waals surface area contributed by atoms with E-state index in [-0.39, 0.29) is 6.03 Å². The molecule has 0 aromatic rings. The third kappa shape index (κ3) is 11.1. The lowest BCUT2D eigenvalue weighted by Gasteiger charge is -2.18. The van der Waals surface area contributed by atoms with E-state index in [1.54, 1.807) is 0 Å². The van der Waals surface area contributed by atoms with E-state index in [4.69, 9.17) is 4.74 Å². The minimum absolute atomic E-state index is 0.292. The van der Waals surface area contributed by atoms with E-state index in [2.05, 4.69) is 17.6 Å². The zero-order valence-corrected chi connectivity index (χ0v) is 14.0. The molecule has 0 spiro atoms. The fourth-order valence-electron chi connectivity index (χ4n) is 2.14. The second-order valence-corrected chi connectivity index (χ2v) is 5.87. The summed E-state index contributed by atoms with van der Waals surface area (Å²) in [7, 11) is 1.34. The minimum Gasteiger partial charge on any atom is -0.467 e. The molecule has 5 heteroatoms. The second-order valence-electron chi connectivity index (χ2n) is 5.87. The molecule has 0 saturated carbocycles. The number of hydrogen-bond acceptors (Lipinski definition) is 3. The van der Waals surface area contributed by atoms with E-state index >= 15 is 0 Å². The van der Waals surface area contributed by atoms with Crippen molar-refractivity contribution in [3.05, 3.63) is 0 Å². The van der Waals surface area contributed by atoms with Crippen molar-refractivity contribution >= 4 is 12.0 Å². The van der Waals surface area contributed by atoms with E-state index in [1.807, 2.05) is 13.8 Å². The average Bonchev–Trinajstić information content (AvgIpc) is 2.44. The van der Waals surface area contributed by atoms with Crippen molar-refractivity contribution < 1.29 is 14.3 Å². The number of carbonyl (C=O) groups is 2. The summed E-state index contributed by atoms with van der Waals surface area (Å²) >= 11 is 0. The van der Waals surface area contributed by atoms with Crippen LogP contribution in [0, 0.1) is 5.92 Å². The van der Waals surface area contributed by atoms with E-state index in [0.29, 0.717) is 18.9 Å². The summed E-state index contributed by atoms with van der Waals surface area (Å²) in [5.41, 5.74) is 0. The normalized spacial score (nSPS) is 12.0. The highest BCUT2D eigenvalue weighted by molar-refractivity contribution is 5.83. The molecule has 0 bridgehead atoms. The Labute approximate surface area is 129 Å². The van der Waals surface area contributed by atoms with Gasteiger partial charge in [0.15, 0.2) is 0 Å². The molecule has 1 unspecified atom stereocenters. The Kier molecular flexibility index (Phi) is 11.7. The summed E-state index contributed by atoms with van der Waals surface area (Å²) < 4.78 is 4.71. The molecule has 1 atom stereocenters. The van der Waals surface area contributed by atoms with Gasteiger partial charge >= 0.3 is 12.0 Å². The van der Waals surface area contributed by atoms with Gasteiger partial charge in [-0.05, 0) is 18.8 Å². The molecule has 2 amide bonds. The van der Waals surface area contributed by atoms with Crippen LogP contribution in [0.15, 0.2) is 0 Å². The zero-order chi connectivity index (χ0) is 16.1. The molecule has 5 nitrogen and oxygen atoms in total. The first-order valence-electron chi connectivity index (χ1n) is 8.13. The molecular weight excluding hydrogens is 268 g/mol. The van der Waals surface area contributed by atoms with Crippen molar-refractivity contribution in [3.63, 3.8) is 0 Å². The fourth-order valence-corrected chi connectivity index (χ4v) is 2.14. The standard InChI is InChI=1S/C16H32N2O3/c1-5-6-7-8-9-10-11-17-16(20)18-14(12-13(2)3)15(19)21-4/h13-14H,5-12H2,1-4H3,(H2,17,18,20). The highest BCUT2D eigenvalue weighted by Gasteiger charge is 2.22. The molecule has 0 aromatic heterocycles. The van der Waals surface area contributed by atoms with Crippen LogP contribution >= 0.6 is 0 Å². The first-order chi connectivity index (χ1) is 10.0. The van der Waals surface area contributed by atoms with Gasteiger partial charge in [0.05, 0.1) is 7.11 Å². The second kappa shape index (κ2) is 12.5. The van der Waals surface area contributed by atoms with Crippen molar-refractivity contribution in [3.8, 4) is 0 Å². The van der Waals surface area contributed by atoms with Gasteiger partial charge in [0, 0.05) is 6.54 Å². The largest absolute Gasteiger partial charge is 0.467 e. The average molecular weight is 300 g/mol. The molecule has 0 aromatic carbocycles. The summed E-state index contributed by atoms with van der Waals surface area (Å²) in [6, 6.07) is -0.862. The Balaban J connectivity index is 3.85. The van der Waals surface area contributed by atoms with Crippen LogP contribution in [0.4, 0.5) is 4.79 Å². The van der Waals surface area contributed by atoms with Crippen molar-refractivity contribution in [1.82, 2.24) is 10.6 Å². The van der Waals surface area contributed by atoms with Gasteiger partial charge in [-0.3, -0.25) is 0 Å². The Bertz CT molecular complexity index is 293. The van der Waals surface area contributed by atoms with Gasteiger partial charge in [-0.25, -0.2) is 9.59 Å². The molecule has 0 heterocycles. The number of hydrogen-bond donors (Lipinski definition) is 2.